The van der Waals surface area contributed by atoms with Gasteiger partial charge in [-0.15, -0.1) is 0 Å². The molecule has 0 saturated carbocycles. The lowest BCUT2D eigenvalue weighted by Gasteiger charge is -2.09. The van der Waals surface area contributed by atoms with Crippen LogP contribution in [0.2, 0.25) is 0 Å². The first-order valence-electron chi connectivity index (χ1n) is 5.89. The number of hydrogen-bond acceptors (Lipinski definition) is 5. The Kier molecular flexibility index (Phi) is 4.11. The minimum Gasteiger partial charge on any atom is -0.481 e. The fourth-order valence-electron chi connectivity index (χ4n) is 1.72. The number of aromatic nitrogens is 4. The van der Waals surface area contributed by atoms with Gasteiger partial charge < -0.3 is 15.0 Å². The monoisotopic (exact) mass is 247 g/mol. The van der Waals surface area contributed by atoms with Crippen molar-refractivity contribution in [2.24, 2.45) is 0 Å². The Morgan fingerprint density at radius 2 is 2.22 bits per heavy atom. The third-order valence-corrected chi connectivity index (χ3v) is 2.67. The van der Waals surface area contributed by atoms with E-state index in [9.17, 15) is 0 Å². The highest BCUT2D eigenvalue weighted by Crippen LogP contribution is 2.19. The Morgan fingerprint density at radius 3 is 2.94 bits per heavy atom. The third kappa shape index (κ3) is 2.97. The summed E-state index contributed by atoms with van der Waals surface area (Å²) in [6.45, 7) is 2.77. The van der Waals surface area contributed by atoms with Gasteiger partial charge in [0.1, 0.15) is 18.0 Å². The van der Waals surface area contributed by atoms with Gasteiger partial charge in [0.25, 0.3) is 0 Å². The SMILES string of the molecule is COc1ncnc(NCCCc2ncc[nH]2)c1C. The van der Waals surface area contributed by atoms with E-state index in [-0.39, 0.29) is 0 Å². The molecule has 6 nitrogen and oxygen atoms in total. The zero-order chi connectivity index (χ0) is 12.8. The summed E-state index contributed by atoms with van der Waals surface area (Å²) in [7, 11) is 1.61. The number of hydrogen-bond donors (Lipinski definition) is 2. The predicted octanol–water partition coefficient (Wildman–Crippen LogP) is 1.56. The van der Waals surface area contributed by atoms with E-state index in [2.05, 4.69) is 25.3 Å². The fraction of sp³-hybridized carbons (Fsp3) is 0.417. The van der Waals surface area contributed by atoms with Crippen LogP contribution in [0.25, 0.3) is 0 Å². The van der Waals surface area contributed by atoms with Gasteiger partial charge in [0, 0.05) is 25.4 Å². The number of anilines is 1. The first kappa shape index (κ1) is 12.3. The molecule has 0 aliphatic heterocycles. The first-order valence-corrected chi connectivity index (χ1v) is 5.89. The maximum atomic E-state index is 5.14. The number of aromatic amines is 1. The Labute approximate surface area is 106 Å². The standard InChI is InChI=1S/C12H17N5O/c1-9-11(16-8-17-12(9)18-2)15-5-3-4-10-13-6-7-14-10/h6-8H,3-5H2,1-2H3,(H,13,14)(H,15,16,17). The van der Waals surface area contributed by atoms with Crippen LogP contribution in [0.15, 0.2) is 18.7 Å². The summed E-state index contributed by atoms with van der Waals surface area (Å²) in [5.74, 6) is 2.44. The number of rotatable bonds is 6. The molecule has 2 rings (SSSR count). The van der Waals surface area contributed by atoms with Crippen molar-refractivity contribution >= 4 is 5.82 Å². The molecule has 6 heteroatoms. The number of nitrogens with one attached hydrogen (secondary N) is 2. The number of aryl methyl sites for hydroxylation is 1. The predicted molar refractivity (Wildman–Crippen MR) is 68.7 cm³/mol. The van der Waals surface area contributed by atoms with E-state index in [4.69, 9.17) is 4.74 Å². The second-order valence-corrected chi connectivity index (χ2v) is 3.92. The quantitative estimate of drug-likeness (QED) is 0.758. The third-order valence-electron chi connectivity index (χ3n) is 2.67. The summed E-state index contributed by atoms with van der Waals surface area (Å²) >= 11 is 0. The lowest BCUT2D eigenvalue weighted by molar-refractivity contribution is 0.393. The van der Waals surface area contributed by atoms with Gasteiger partial charge in [-0.05, 0) is 13.3 Å². The molecule has 0 radical (unpaired) electrons. The molecule has 18 heavy (non-hydrogen) atoms. The van der Waals surface area contributed by atoms with Crippen LogP contribution in [0.4, 0.5) is 5.82 Å². The van der Waals surface area contributed by atoms with Crippen LogP contribution in [0.1, 0.15) is 17.8 Å². The average molecular weight is 247 g/mol. The Morgan fingerprint density at radius 1 is 1.33 bits per heavy atom. The molecular formula is C12H17N5O. The van der Waals surface area contributed by atoms with Crippen molar-refractivity contribution in [3.8, 4) is 5.88 Å². The Balaban J connectivity index is 1.83. The van der Waals surface area contributed by atoms with Crippen molar-refractivity contribution in [1.29, 1.82) is 0 Å². The van der Waals surface area contributed by atoms with E-state index in [1.54, 1.807) is 13.3 Å². The minimum atomic E-state index is 0.610. The average Bonchev–Trinajstić information content (AvgIpc) is 2.89. The molecule has 0 unspecified atom stereocenters. The zero-order valence-corrected chi connectivity index (χ0v) is 10.6. The topological polar surface area (TPSA) is 75.7 Å². The van der Waals surface area contributed by atoms with Crippen LogP contribution in [0.5, 0.6) is 5.88 Å². The number of methoxy groups -OCH3 is 1. The van der Waals surface area contributed by atoms with E-state index in [0.717, 1.165) is 36.6 Å². The van der Waals surface area contributed by atoms with Crippen molar-refractivity contribution in [3.63, 3.8) is 0 Å². The largest absolute Gasteiger partial charge is 0.481 e. The minimum absolute atomic E-state index is 0.610. The van der Waals surface area contributed by atoms with Gasteiger partial charge in [-0.2, -0.15) is 0 Å². The van der Waals surface area contributed by atoms with Gasteiger partial charge in [0.2, 0.25) is 5.88 Å². The van der Waals surface area contributed by atoms with Crippen LogP contribution in [-0.4, -0.2) is 33.6 Å². The van der Waals surface area contributed by atoms with Gasteiger partial charge >= 0.3 is 0 Å². The summed E-state index contributed by atoms with van der Waals surface area (Å²) < 4.78 is 5.14. The van der Waals surface area contributed by atoms with Crippen molar-refractivity contribution in [1.82, 2.24) is 19.9 Å². The molecule has 0 aliphatic carbocycles. The van der Waals surface area contributed by atoms with E-state index in [1.165, 1.54) is 6.33 Å². The van der Waals surface area contributed by atoms with Crippen LogP contribution in [0, 0.1) is 6.92 Å². The summed E-state index contributed by atoms with van der Waals surface area (Å²) in [5.41, 5.74) is 0.929. The summed E-state index contributed by atoms with van der Waals surface area (Å²) in [5, 5.41) is 3.28. The molecule has 0 amide bonds. The highest BCUT2D eigenvalue weighted by atomic mass is 16.5. The molecule has 0 saturated heterocycles. The van der Waals surface area contributed by atoms with E-state index < -0.39 is 0 Å². The summed E-state index contributed by atoms with van der Waals surface area (Å²) in [6, 6.07) is 0. The van der Waals surface area contributed by atoms with Crippen LogP contribution >= 0.6 is 0 Å². The maximum Gasteiger partial charge on any atom is 0.221 e. The van der Waals surface area contributed by atoms with E-state index in [0.29, 0.717) is 5.88 Å². The Bertz CT molecular complexity index is 483. The Hall–Kier alpha value is -2.11. The van der Waals surface area contributed by atoms with Crippen LogP contribution in [0.3, 0.4) is 0 Å². The number of ether oxygens (including phenoxy) is 1. The van der Waals surface area contributed by atoms with E-state index in [1.807, 2.05) is 13.1 Å². The highest BCUT2D eigenvalue weighted by molar-refractivity contribution is 5.47. The van der Waals surface area contributed by atoms with Crippen LogP contribution in [-0.2, 0) is 6.42 Å². The van der Waals surface area contributed by atoms with Crippen molar-refractivity contribution in [2.45, 2.75) is 19.8 Å². The van der Waals surface area contributed by atoms with Gasteiger partial charge in [-0.25, -0.2) is 15.0 Å². The van der Waals surface area contributed by atoms with Gasteiger partial charge in [-0.1, -0.05) is 0 Å². The van der Waals surface area contributed by atoms with Crippen molar-refractivity contribution in [2.75, 3.05) is 19.0 Å². The molecule has 0 fully saturated rings. The van der Waals surface area contributed by atoms with Crippen LogP contribution < -0.4 is 10.1 Å². The molecule has 0 spiro atoms. The van der Waals surface area contributed by atoms with E-state index >= 15 is 0 Å². The fourth-order valence-corrected chi connectivity index (χ4v) is 1.72. The normalized spacial score (nSPS) is 10.3. The molecule has 2 aromatic rings. The smallest absolute Gasteiger partial charge is 0.221 e. The molecule has 2 N–H and O–H groups in total. The summed E-state index contributed by atoms with van der Waals surface area (Å²) in [6.07, 6.45) is 7.01. The molecule has 0 bridgehead atoms. The highest BCUT2D eigenvalue weighted by Gasteiger charge is 2.06. The summed E-state index contributed by atoms with van der Waals surface area (Å²) in [4.78, 5) is 15.5. The second-order valence-electron chi connectivity index (χ2n) is 3.92. The molecule has 2 aromatic heterocycles. The second kappa shape index (κ2) is 6.00. The first-order chi connectivity index (χ1) is 8.81. The number of imidazole rings is 1. The van der Waals surface area contributed by atoms with Crippen molar-refractivity contribution < 1.29 is 4.74 Å². The number of H-pyrrole nitrogens is 1. The van der Waals surface area contributed by atoms with Crippen molar-refractivity contribution in [3.05, 3.63) is 30.1 Å². The number of nitrogens with zero attached hydrogens (tertiary/aromatic N) is 3. The molecule has 0 atom stereocenters. The van der Waals surface area contributed by atoms with Gasteiger partial charge in [0.05, 0.1) is 12.7 Å². The van der Waals surface area contributed by atoms with Gasteiger partial charge in [-0.3, -0.25) is 0 Å². The van der Waals surface area contributed by atoms with Gasteiger partial charge in [0.15, 0.2) is 0 Å². The maximum absolute atomic E-state index is 5.14. The molecule has 96 valence electrons. The lowest BCUT2D eigenvalue weighted by atomic mass is 10.3. The zero-order valence-electron chi connectivity index (χ0n) is 10.6. The molecular weight excluding hydrogens is 230 g/mol. The molecule has 2 heterocycles. The molecule has 0 aromatic carbocycles. The molecule has 0 aliphatic rings. The lowest BCUT2D eigenvalue weighted by Crippen LogP contribution is -2.07.